The summed E-state index contributed by atoms with van der Waals surface area (Å²) >= 11 is 1.65. The van der Waals surface area contributed by atoms with Crippen molar-refractivity contribution < 1.29 is 5.11 Å². The van der Waals surface area contributed by atoms with Gasteiger partial charge in [-0.1, -0.05) is 44.2 Å². The quantitative estimate of drug-likeness (QED) is 0.424. The third-order valence-electron chi connectivity index (χ3n) is 5.09. The van der Waals surface area contributed by atoms with Crippen LogP contribution >= 0.6 is 11.3 Å². The molecule has 0 aliphatic carbocycles. The number of aliphatic hydroxyl groups is 1. The second kappa shape index (κ2) is 11.0. The standard InChI is InChI=1S/C21H32N4OS/c1-4-21(5-2,12-13-26)16-24-20(22-6-3)23-14-18-15-27-19(25-18)17-10-8-7-9-11-17/h7-11,15,26H,4-6,12-14,16H2,1-3H3,(H2,22,23,24). The average molecular weight is 389 g/mol. The normalized spacial score (nSPS) is 12.2. The van der Waals surface area contributed by atoms with Gasteiger partial charge < -0.3 is 15.7 Å². The summed E-state index contributed by atoms with van der Waals surface area (Å²) in [4.78, 5) is 9.40. The van der Waals surface area contributed by atoms with E-state index < -0.39 is 0 Å². The first-order valence-corrected chi connectivity index (χ1v) is 10.7. The van der Waals surface area contributed by atoms with E-state index in [0.717, 1.165) is 54.6 Å². The zero-order valence-corrected chi connectivity index (χ0v) is 17.5. The fourth-order valence-corrected chi connectivity index (χ4v) is 3.86. The molecule has 3 N–H and O–H groups in total. The van der Waals surface area contributed by atoms with Gasteiger partial charge in [-0.2, -0.15) is 0 Å². The number of hydrogen-bond donors (Lipinski definition) is 3. The molecule has 2 aromatic rings. The molecule has 5 nitrogen and oxygen atoms in total. The molecule has 27 heavy (non-hydrogen) atoms. The summed E-state index contributed by atoms with van der Waals surface area (Å²) in [6.07, 6.45) is 2.87. The van der Waals surface area contributed by atoms with Crippen LogP contribution in [0.15, 0.2) is 40.7 Å². The van der Waals surface area contributed by atoms with Gasteiger partial charge in [0.15, 0.2) is 5.96 Å². The first-order chi connectivity index (χ1) is 13.2. The number of nitrogens with one attached hydrogen (secondary N) is 2. The maximum absolute atomic E-state index is 9.40. The fraction of sp³-hybridized carbons (Fsp3) is 0.524. The Bertz CT molecular complexity index is 695. The molecule has 2 rings (SSSR count). The lowest BCUT2D eigenvalue weighted by Crippen LogP contribution is -2.43. The first kappa shape index (κ1) is 21.4. The van der Waals surface area contributed by atoms with Crippen molar-refractivity contribution in [1.29, 1.82) is 0 Å². The second-order valence-electron chi connectivity index (χ2n) is 6.74. The minimum atomic E-state index is 0.103. The molecule has 148 valence electrons. The van der Waals surface area contributed by atoms with Crippen molar-refractivity contribution in [1.82, 2.24) is 15.6 Å². The minimum Gasteiger partial charge on any atom is -0.396 e. The Hall–Kier alpha value is -1.92. The molecule has 0 aliphatic heterocycles. The van der Waals surface area contributed by atoms with E-state index >= 15 is 0 Å². The number of guanidine groups is 1. The van der Waals surface area contributed by atoms with Crippen LogP contribution in [0.25, 0.3) is 10.6 Å². The minimum absolute atomic E-state index is 0.103. The summed E-state index contributed by atoms with van der Waals surface area (Å²) in [5.41, 5.74) is 2.22. The summed E-state index contributed by atoms with van der Waals surface area (Å²) in [5, 5.41) is 19.3. The van der Waals surface area contributed by atoms with Crippen LogP contribution in [-0.2, 0) is 6.54 Å². The van der Waals surface area contributed by atoms with Gasteiger partial charge in [0, 0.05) is 30.6 Å². The van der Waals surface area contributed by atoms with E-state index in [9.17, 15) is 5.11 Å². The molecule has 0 bridgehead atoms. The molecule has 1 heterocycles. The van der Waals surface area contributed by atoms with Crippen LogP contribution in [0, 0.1) is 5.41 Å². The van der Waals surface area contributed by atoms with Crippen LogP contribution in [0.1, 0.15) is 45.7 Å². The predicted octanol–water partition coefficient (Wildman–Crippen LogP) is 4.05. The molecule has 0 radical (unpaired) electrons. The molecule has 0 fully saturated rings. The topological polar surface area (TPSA) is 69.5 Å². The van der Waals surface area contributed by atoms with E-state index in [1.807, 2.05) is 18.2 Å². The van der Waals surface area contributed by atoms with Crippen LogP contribution < -0.4 is 10.6 Å². The monoisotopic (exact) mass is 388 g/mol. The summed E-state index contributed by atoms with van der Waals surface area (Å²) < 4.78 is 0. The Morgan fingerprint density at radius 2 is 1.89 bits per heavy atom. The Kier molecular flexibility index (Phi) is 8.75. The number of rotatable bonds is 10. The molecule has 0 saturated heterocycles. The number of aromatic nitrogens is 1. The molecule has 0 atom stereocenters. The van der Waals surface area contributed by atoms with Crippen molar-refractivity contribution in [2.45, 2.75) is 46.6 Å². The van der Waals surface area contributed by atoms with E-state index in [0.29, 0.717) is 6.54 Å². The summed E-state index contributed by atoms with van der Waals surface area (Å²) in [6.45, 7) is 8.81. The van der Waals surface area contributed by atoms with Crippen molar-refractivity contribution in [2.75, 3.05) is 19.7 Å². The molecule has 0 unspecified atom stereocenters. The largest absolute Gasteiger partial charge is 0.396 e. The Balaban J connectivity index is 2.02. The SMILES string of the molecule is CCNC(=NCc1csc(-c2ccccc2)n1)NCC(CC)(CC)CCO. The highest BCUT2D eigenvalue weighted by molar-refractivity contribution is 7.13. The highest BCUT2D eigenvalue weighted by Crippen LogP contribution is 2.29. The van der Waals surface area contributed by atoms with Gasteiger partial charge in [0.1, 0.15) is 5.01 Å². The van der Waals surface area contributed by atoms with Crippen LogP contribution in [-0.4, -0.2) is 35.7 Å². The smallest absolute Gasteiger partial charge is 0.191 e. The predicted molar refractivity (Wildman–Crippen MR) is 115 cm³/mol. The number of aliphatic imine (C=N–C) groups is 1. The first-order valence-electron chi connectivity index (χ1n) is 9.79. The third kappa shape index (κ3) is 6.33. The second-order valence-corrected chi connectivity index (χ2v) is 7.60. The van der Waals surface area contributed by atoms with Crippen LogP contribution in [0.4, 0.5) is 0 Å². The third-order valence-corrected chi connectivity index (χ3v) is 6.03. The van der Waals surface area contributed by atoms with Gasteiger partial charge in [0.25, 0.3) is 0 Å². The van der Waals surface area contributed by atoms with E-state index in [2.05, 4.69) is 48.9 Å². The van der Waals surface area contributed by atoms with Gasteiger partial charge in [0.2, 0.25) is 0 Å². The van der Waals surface area contributed by atoms with Crippen molar-refractivity contribution in [3.05, 3.63) is 41.4 Å². The van der Waals surface area contributed by atoms with Crippen molar-refractivity contribution in [2.24, 2.45) is 10.4 Å². The van der Waals surface area contributed by atoms with E-state index in [4.69, 9.17) is 9.98 Å². The number of hydrogen-bond acceptors (Lipinski definition) is 4. The lowest BCUT2D eigenvalue weighted by Gasteiger charge is -2.32. The van der Waals surface area contributed by atoms with E-state index in [-0.39, 0.29) is 12.0 Å². The molecule has 0 saturated carbocycles. The van der Waals surface area contributed by atoms with Gasteiger partial charge in [-0.3, -0.25) is 0 Å². The highest BCUT2D eigenvalue weighted by atomic mass is 32.1. The zero-order chi connectivity index (χ0) is 19.5. The van der Waals surface area contributed by atoms with E-state index in [1.54, 1.807) is 11.3 Å². The van der Waals surface area contributed by atoms with E-state index in [1.165, 1.54) is 0 Å². The molecule has 0 amide bonds. The molecule has 0 aliphatic rings. The lowest BCUT2D eigenvalue weighted by molar-refractivity contribution is 0.169. The molecule has 0 spiro atoms. The zero-order valence-electron chi connectivity index (χ0n) is 16.7. The molecular weight excluding hydrogens is 356 g/mol. The summed E-state index contributed by atoms with van der Waals surface area (Å²) in [6, 6.07) is 10.2. The fourth-order valence-electron chi connectivity index (χ4n) is 3.05. The number of thiazole rings is 1. The van der Waals surface area contributed by atoms with Gasteiger partial charge in [0.05, 0.1) is 12.2 Å². The van der Waals surface area contributed by atoms with Crippen molar-refractivity contribution in [3.8, 4) is 10.6 Å². The summed E-state index contributed by atoms with van der Waals surface area (Å²) in [5.74, 6) is 0.802. The number of aliphatic hydroxyl groups excluding tert-OH is 1. The van der Waals surface area contributed by atoms with Crippen molar-refractivity contribution in [3.63, 3.8) is 0 Å². The van der Waals surface area contributed by atoms with Gasteiger partial charge in [-0.05, 0) is 31.6 Å². The number of benzene rings is 1. The van der Waals surface area contributed by atoms with Crippen molar-refractivity contribution >= 4 is 17.3 Å². The Morgan fingerprint density at radius 1 is 1.15 bits per heavy atom. The highest BCUT2D eigenvalue weighted by Gasteiger charge is 2.25. The van der Waals surface area contributed by atoms with Gasteiger partial charge in [-0.25, -0.2) is 9.98 Å². The Labute approximate surface area is 167 Å². The molecule has 1 aromatic carbocycles. The average Bonchev–Trinajstić information content (AvgIpc) is 3.19. The lowest BCUT2D eigenvalue weighted by atomic mass is 9.79. The molecule has 1 aromatic heterocycles. The maximum atomic E-state index is 9.40. The van der Waals surface area contributed by atoms with Crippen LogP contribution in [0.5, 0.6) is 0 Å². The Morgan fingerprint density at radius 3 is 2.52 bits per heavy atom. The molecular formula is C21H32N4OS. The maximum Gasteiger partial charge on any atom is 0.191 e. The number of nitrogens with zero attached hydrogens (tertiary/aromatic N) is 2. The van der Waals surface area contributed by atoms with Gasteiger partial charge >= 0.3 is 0 Å². The van der Waals surface area contributed by atoms with Crippen LogP contribution in [0.2, 0.25) is 0 Å². The summed E-state index contributed by atoms with van der Waals surface area (Å²) in [7, 11) is 0. The molecule has 6 heteroatoms. The van der Waals surface area contributed by atoms with Crippen LogP contribution in [0.3, 0.4) is 0 Å². The van der Waals surface area contributed by atoms with Gasteiger partial charge in [-0.15, -0.1) is 11.3 Å².